The molecule has 49 heavy (non-hydrogen) atoms. The Labute approximate surface area is 284 Å². The number of likely N-dealkylation sites (tertiary alicyclic amines) is 2. The van der Waals surface area contributed by atoms with Gasteiger partial charge in [0.15, 0.2) is 0 Å². The molecule has 2 amide bonds. The van der Waals surface area contributed by atoms with Crippen LogP contribution in [0.25, 0.3) is 10.1 Å². The second-order valence-electron chi connectivity index (χ2n) is 11.3. The van der Waals surface area contributed by atoms with Crippen LogP contribution >= 0.6 is 18.9 Å². The van der Waals surface area contributed by atoms with Crippen LogP contribution in [0.1, 0.15) is 53.4 Å². The van der Waals surface area contributed by atoms with E-state index in [1.807, 2.05) is 6.07 Å². The minimum Gasteiger partial charge on any atom is -0.467 e. The summed E-state index contributed by atoms with van der Waals surface area (Å²) in [6.45, 7) is -0.0570. The molecule has 0 spiro atoms. The van der Waals surface area contributed by atoms with Crippen molar-refractivity contribution >= 4 is 53.1 Å². The summed E-state index contributed by atoms with van der Waals surface area (Å²) >= 11 is 1.02. The third-order valence-corrected chi connectivity index (χ3v) is 11.1. The normalized spacial score (nSPS) is 19.0. The lowest BCUT2D eigenvalue weighted by atomic mass is 10.1. The van der Waals surface area contributed by atoms with Gasteiger partial charge in [0.2, 0.25) is 13.6 Å². The Kier molecular flexibility index (Phi) is 11.5. The molecule has 2 aliphatic rings. The number of nitrogens with zero attached hydrogens (tertiary/aromatic N) is 2. The van der Waals surface area contributed by atoms with Crippen molar-refractivity contribution in [3.05, 3.63) is 70.6 Å². The molecule has 0 saturated carbocycles. The number of benzene rings is 2. The van der Waals surface area contributed by atoms with Gasteiger partial charge in [-0.2, -0.15) is 8.78 Å². The Morgan fingerprint density at radius 3 is 2.20 bits per heavy atom. The average Bonchev–Trinajstić information content (AvgIpc) is 3.86. The first kappa shape index (κ1) is 36.2. The van der Waals surface area contributed by atoms with Crippen LogP contribution in [0.15, 0.2) is 54.6 Å². The molecule has 3 atom stereocenters. The molecule has 2 saturated heterocycles. The number of methoxy groups -OCH3 is 1. The maximum atomic E-state index is 16.2. The van der Waals surface area contributed by atoms with Gasteiger partial charge in [-0.05, 0) is 61.8 Å². The van der Waals surface area contributed by atoms with Crippen LogP contribution in [0, 0.1) is 0 Å². The summed E-state index contributed by atoms with van der Waals surface area (Å²) in [6, 6.07) is 12.6. The summed E-state index contributed by atoms with van der Waals surface area (Å²) in [6.07, 6.45) is 0.304. The van der Waals surface area contributed by atoms with Crippen LogP contribution in [0.2, 0.25) is 0 Å². The van der Waals surface area contributed by atoms with Crippen LogP contribution in [0.5, 0.6) is 0 Å². The zero-order valence-electron chi connectivity index (χ0n) is 26.7. The van der Waals surface area contributed by atoms with E-state index in [0.29, 0.717) is 24.1 Å². The molecule has 3 heterocycles. The second-order valence-corrected chi connectivity index (χ2v) is 14.5. The molecule has 17 heteroatoms. The Morgan fingerprint density at radius 2 is 1.55 bits per heavy atom. The molecule has 1 unspecified atom stereocenters. The zero-order valence-corrected chi connectivity index (χ0v) is 28.4. The fourth-order valence-corrected chi connectivity index (χ4v) is 7.69. The summed E-state index contributed by atoms with van der Waals surface area (Å²) in [5.74, 6) is -1.33. The van der Waals surface area contributed by atoms with Crippen LogP contribution < -0.4 is 0 Å². The molecule has 0 radical (unpaired) electrons. The van der Waals surface area contributed by atoms with Gasteiger partial charge in [-0.1, -0.05) is 36.4 Å². The van der Waals surface area contributed by atoms with Crippen molar-refractivity contribution in [1.82, 2.24) is 9.80 Å². The second kappa shape index (κ2) is 15.6. The topological polar surface area (TPSA) is 147 Å². The molecule has 264 valence electrons. The third-order valence-electron chi connectivity index (χ3n) is 8.18. The monoisotopic (exact) mass is 724 g/mol. The maximum Gasteiger partial charge on any atom is 0.412 e. The molecule has 2 aromatic carbocycles. The summed E-state index contributed by atoms with van der Waals surface area (Å²) in [7, 11) is -4.46. The lowest BCUT2D eigenvalue weighted by molar-refractivity contribution is -0.145. The summed E-state index contributed by atoms with van der Waals surface area (Å²) in [4.78, 5) is 52.5. The lowest BCUT2D eigenvalue weighted by Gasteiger charge is -2.28. The predicted octanol–water partition coefficient (Wildman–Crippen LogP) is 6.84. The molecule has 13 nitrogen and oxygen atoms in total. The minimum atomic E-state index is -5.61. The fraction of sp³-hybridized carbons (Fsp3) is 0.438. The molecule has 0 aliphatic carbocycles. The van der Waals surface area contributed by atoms with Crippen molar-refractivity contribution in [2.75, 3.05) is 33.8 Å². The van der Waals surface area contributed by atoms with Crippen molar-refractivity contribution in [3.63, 3.8) is 0 Å². The summed E-state index contributed by atoms with van der Waals surface area (Å²) in [5, 5.41) is 0.226. The summed E-state index contributed by atoms with van der Waals surface area (Å²) in [5.41, 5.74) is -4.40. The number of ether oxygens (including phenoxy) is 4. The first-order chi connectivity index (χ1) is 23.4. The number of carbonyl (C=O) groups excluding carboxylic acids is 4. The SMILES string of the molecule is COC(=O)[C@@H]1CCCN1C(=O)OCOP(=O)(OCOC(=O)N1CCC[C@H]1C)C(F)(F)c1ccc2sc(C(=O)OCc3ccccc3)cc2c1. The number of esters is 2. The molecule has 5 rings (SSSR count). The third kappa shape index (κ3) is 8.20. The molecule has 1 aromatic heterocycles. The highest BCUT2D eigenvalue weighted by Crippen LogP contribution is 2.67. The first-order valence-corrected chi connectivity index (χ1v) is 17.8. The molecule has 0 N–H and O–H groups in total. The quantitative estimate of drug-likeness (QED) is 0.0837. The van der Waals surface area contributed by atoms with Gasteiger partial charge in [0.05, 0.1) is 7.11 Å². The van der Waals surface area contributed by atoms with E-state index in [2.05, 4.69) is 0 Å². The van der Waals surface area contributed by atoms with Gasteiger partial charge in [0, 0.05) is 29.4 Å². The minimum absolute atomic E-state index is 0.0159. The standard InChI is InChI=1S/C32H35F2N2O11PS/c1-21-8-6-14-35(21)30(39)44-19-46-48(41,47-20-45-31(40)36-15-7-11-25(36)28(37)42-2)32(33,34)24-12-13-26-23(16-24)17-27(49-26)29(38)43-18-22-9-4-3-5-10-22/h3-5,9-10,12-13,16-17,21,25H,6-8,11,14-15,18-20H2,1-2H3/t21-,25+,48?/m1/s1. The fourth-order valence-electron chi connectivity index (χ4n) is 5.51. The highest BCUT2D eigenvalue weighted by molar-refractivity contribution is 7.54. The molecule has 3 aromatic rings. The van der Waals surface area contributed by atoms with Crippen molar-refractivity contribution in [2.24, 2.45) is 0 Å². The molecular weight excluding hydrogens is 689 g/mol. The molecular formula is C32H35F2N2O11PS. The van der Waals surface area contributed by atoms with Gasteiger partial charge in [-0.3, -0.25) is 18.5 Å². The smallest absolute Gasteiger partial charge is 0.412 e. The van der Waals surface area contributed by atoms with E-state index < -0.39 is 62.6 Å². The van der Waals surface area contributed by atoms with Crippen LogP contribution in [0.3, 0.4) is 0 Å². The van der Waals surface area contributed by atoms with E-state index in [4.69, 9.17) is 28.0 Å². The number of alkyl halides is 2. The number of thiophene rings is 1. The number of fused-ring (bicyclic) bond motifs is 1. The first-order valence-electron chi connectivity index (χ1n) is 15.4. The van der Waals surface area contributed by atoms with Gasteiger partial charge in [-0.15, -0.1) is 11.3 Å². The molecule has 0 bridgehead atoms. The number of amides is 2. The highest BCUT2D eigenvalue weighted by Gasteiger charge is 2.56. The number of carbonyl (C=O) groups is 4. The maximum absolute atomic E-state index is 16.2. The van der Waals surface area contributed by atoms with E-state index in [-0.39, 0.29) is 29.5 Å². The number of hydrogen-bond acceptors (Lipinski definition) is 12. The van der Waals surface area contributed by atoms with Gasteiger partial charge in [0.25, 0.3) is 0 Å². The van der Waals surface area contributed by atoms with E-state index in [1.165, 1.54) is 17.0 Å². The predicted molar refractivity (Wildman–Crippen MR) is 171 cm³/mol. The Balaban J connectivity index is 1.31. The summed E-state index contributed by atoms with van der Waals surface area (Å²) < 4.78 is 76.6. The number of halogens is 2. The van der Waals surface area contributed by atoms with Gasteiger partial charge in [-0.25, -0.2) is 19.2 Å². The van der Waals surface area contributed by atoms with Crippen LogP contribution in [-0.4, -0.2) is 79.8 Å². The van der Waals surface area contributed by atoms with Crippen LogP contribution in [-0.2, 0) is 49.6 Å². The van der Waals surface area contributed by atoms with Crippen molar-refractivity contribution in [2.45, 2.75) is 57.0 Å². The van der Waals surface area contributed by atoms with Gasteiger partial charge >= 0.3 is 37.4 Å². The highest BCUT2D eigenvalue weighted by atomic mass is 32.1. The van der Waals surface area contributed by atoms with E-state index in [1.54, 1.807) is 31.2 Å². The Morgan fingerprint density at radius 1 is 0.898 bits per heavy atom. The van der Waals surface area contributed by atoms with E-state index >= 15 is 8.78 Å². The lowest BCUT2D eigenvalue weighted by Crippen LogP contribution is -2.41. The van der Waals surface area contributed by atoms with Crippen molar-refractivity contribution < 1.29 is 60.5 Å². The van der Waals surface area contributed by atoms with E-state index in [0.717, 1.165) is 53.9 Å². The number of rotatable bonds is 12. The molecule has 2 fully saturated rings. The molecule has 2 aliphatic heterocycles. The average molecular weight is 725 g/mol. The van der Waals surface area contributed by atoms with Gasteiger partial charge in [0.1, 0.15) is 17.5 Å². The largest absolute Gasteiger partial charge is 0.467 e. The zero-order chi connectivity index (χ0) is 35.2. The van der Waals surface area contributed by atoms with Crippen LogP contribution in [0.4, 0.5) is 18.4 Å². The van der Waals surface area contributed by atoms with Crippen molar-refractivity contribution in [3.8, 4) is 0 Å². The Hall–Kier alpha value is -4.11. The Bertz CT molecular complexity index is 1720. The number of hydrogen-bond donors (Lipinski definition) is 0. The van der Waals surface area contributed by atoms with Crippen molar-refractivity contribution in [1.29, 1.82) is 0 Å². The van der Waals surface area contributed by atoms with E-state index in [9.17, 15) is 23.7 Å². The van der Waals surface area contributed by atoms with Gasteiger partial charge < -0.3 is 23.8 Å².